The van der Waals surface area contributed by atoms with Gasteiger partial charge in [-0.25, -0.2) is 4.39 Å². The van der Waals surface area contributed by atoms with Gasteiger partial charge in [-0.15, -0.1) is 0 Å². The summed E-state index contributed by atoms with van der Waals surface area (Å²) in [5, 5.41) is 0. The van der Waals surface area contributed by atoms with Gasteiger partial charge in [0.1, 0.15) is 5.82 Å². The van der Waals surface area contributed by atoms with Crippen molar-refractivity contribution in [3.63, 3.8) is 0 Å². The number of alkyl halides is 3. The van der Waals surface area contributed by atoms with Crippen LogP contribution in [0.2, 0.25) is 0 Å². The molecule has 8 heteroatoms. The zero-order chi connectivity index (χ0) is 18.9. The third kappa shape index (κ3) is 3.68. The lowest BCUT2D eigenvalue weighted by atomic mass is 10.0. The fourth-order valence-corrected chi connectivity index (χ4v) is 2.83. The maximum absolute atomic E-state index is 13.5. The van der Waals surface area contributed by atoms with Gasteiger partial charge in [-0.2, -0.15) is 13.2 Å². The molecule has 3 rings (SSSR count). The van der Waals surface area contributed by atoms with E-state index in [1.807, 2.05) is 0 Å². The average molecular weight is 366 g/mol. The summed E-state index contributed by atoms with van der Waals surface area (Å²) in [7, 11) is 0. The Kier molecular flexibility index (Phi) is 4.67. The van der Waals surface area contributed by atoms with E-state index < -0.39 is 41.2 Å². The molecule has 0 saturated heterocycles. The van der Waals surface area contributed by atoms with E-state index in [-0.39, 0.29) is 17.5 Å². The highest BCUT2D eigenvalue weighted by atomic mass is 19.4. The number of nitrogens with one attached hydrogen (secondary N) is 2. The van der Waals surface area contributed by atoms with Gasteiger partial charge in [0.05, 0.1) is 11.1 Å². The van der Waals surface area contributed by atoms with Gasteiger partial charge in [0.2, 0.25) is 5.91 Å². The molecule has 1 saturated carbocycles. The third-order valence-corrected chi connectivity index (χ3v) is 4.21. The lowest BCUT2D eigenvalue weighted by Crippen LogP contribution is -2.42. The number of hydrazine groups is 1. The summed E-state index contributed by atoms with van der Waals surface area (Å²) in [4.78, 5) is 23.9. The molecular formula is C18H14F4N2O2. The van der Waals surface area contributed by atoms with Crippen LogP contribution in [0.25, 0.3) is 0 Å². The zero-order valence-electron chi connectivity index (χ0n) is 13.3. The molecule has 1 aliphatic carbocycles. The van der Waals surface area contributed by atoms with Crippen LogP contribution in [0.5, 0.6) is 0 Å². The summed E-state index contributed by atoms with van der Waals surface area (Å²) in [6, 6.07) is 10.3. The van der Waals surface area contributed by atoms with E-state index in [4.69, 9.17) is 0 Å². The number of amides is 2. The van der Waals surface area contributed by atoms with Gasteiger partial charge in [0.25, 0.3) is 5.91 Å². The van der Waals surface area contributed by atoms with Crippen LogP contribution < -0.4 is 10.9 Å². The molecule has 136 valence electrons. The van der Waals surface area contributed by atoms with E-state index in [1.54, 1.807) is 0 Å². The second-order valence-corrected chi connectivity index (χ2v) is 5.96. The van der Waals surface area contributed by atoms with E-state index in [0.29, 0.717) is 0 Å². The van der Waals surface area contributed by atoms with Gasteiger partial charge in [0, 0.05) is 5.92 Å². The maximum Gasteiger partial charge on any atom is 0.416 e. The quantitative estimate of drug-likeness (QED) is 0.646. The Morgan fingerprint density at radius 3 is 2.31 bits per heavy atom. The molecule has 1 aliphatic rings. The Balaban J connectivity index is 1.62. The molecule has 2 aromatic carbocycles. The number of hydrogen-bond donors (Lipinski definition) is 2. The predicted molar refractivity (Wildman–Crippen MR) is 84.3 cm³/mol. The summed E-state index contributed by atoms with van der Waals surface area (Å²) >= 11 is 0. The Bertz CT molecular complexity index is 851. The van der Waals surface area contributed by atoms with Crippen molar-refractivity contribution in [1.82, 2.24) is 10.9 Å². The van der Waals surface area contributed by atoms with Crippen LogP contribution in [0.4, 0.5) is 17.6 Å². The lowest BCUT2D eigenvalue weighted by Gasteiger charge is -2.12. The summed E-state index contributed by atoms with van der Waals surface area (Å²) in [6.07, 6.45) is -4.26. The molecule has 2 aromatic rings. The number of benzene rings is 2. The van der Waals surface area contributed by atoms with Crippen LogP contribution in [-0.4, -0.2) is 11.8 Å². The van der Waals surface area contributed by atoms with E-state index in [0.717, 1.165) is 12.1 Å². The van der Waals surface area contributed by atoms with Crippen LogP contribution >= 0.6 is 0 Å². The van der Waals surface area contributed by atoms with Crippen molar-refractivity contribution in [3.05, 3.63) is 71.0 Å². The van der Waals surface area contributed by atoms with Crippen LogP contribution in [-0.2, 0) is 11.0 Å². The summed E-state index contributed by atoms with van der Waals surface area (Å²) in [6.45, 7) is 0. The minimum Gasteiger partial charge on any atom is -0.273 e. The molecule has 0 radical (unpaired) electrons. The Labute approximate surface area is 146 Å². The highest BCUT2D eigenvalue weighted by Crippen LogP contribution is 2.50. The smallest absolute Gasteiger partial charge is 0.273 e. The van der Waals surface area contributed by atoms with Crippen LogP contribution in [0.3, 0.4) is 0 Å². The van der Waals surface area contributed by atoms with Crippen molar-refractivity contribution in [2.45, 2.75) is 18.5 Å². The molecule has 0 bridgehead atoms. The molecule has 2 N–H and O–H groups in total. The third-order valence-electron chi connectivity index (χ3n) is 4.21. The molecule has 0 heterocycles. The van der Waals surface area contributed by atoms with Crippen LogP contribution in [0.15, 0.2) is 48.5 Å². The molecule has 0 spiro atoms. The van der Waals surface area contributed by atoms with Crippen LogP contribution in [0, 0.1) is 11.7 Å². The Morgan fingerprint density at radius 2 is 1.62 bits per heavy atom. The maximum atomic E-state index is 13.5. The number of carbonyl (C=O) groups excluding carboxylic acids is 2. The van der Waals surface area contributed by atoms with E-state index in [9.17, 15) is 27.2 Å². The number of halogens is 4. The zero-order valence-corrected chi connectivity index (χ0v) is 13.3. The second kappa shape index (κ2) is 6.78. The van der Waals surface area contributed by atoms with Gasteiger partial charge in [-0.1, -0.05) is 30.3 Å². The van der Waals surface area contributed by atoms with Crippen molar-refractivity contribution in [2.75, 3.05) is 0 Å². The number of carbonyl (C=O) groups is 2. The SMILES string of the molecule is O=C(NNC(=O)C1CC1c1ccccc1C(F)(F)F)c1ccccc1F. The molecule has 4 nitrogen and oxygen atoms in total. The van der Waals surface area contributed by atoms with Gasteiger partial charge in [-0.3, -0.25) is 20.4 Å². The summed E-state index contributed by atoms with van der Waals surface area (Å²) in [5.41, 5.74) is 3.26. The minimum absolute atomic E-state index is 0.0561. The molecule has 2 unspecified atom stereocenters. The monoisotopic (exact) mass is 366 g/mol. The van der Waals surface area contributed by atoms with Crippen molar-refractivity contribution < 1.29 is 27.2 Å². The highest BCUT2D eigenvalue weighted by molar-refractivity contribution is 5.96. The van der Waals surface area contributed by atoms with E-state index in [2.05, 4.69) is 10.9 Å². The fourth-order valence-electron chi connectivity index (χ4n) is 2.83. The van der Waals surface area contributed by atoms with Gasteiger partial charge >= 0.3 is 6.18 Å². The van der Waals surface area contributed by atoms with Gasteiger partial charge in [-0.05, 0) is 36.1 Å². The molecule has 0 aromatic heterocycles. The Hall–Kier alpha value is -2.90. The molecule has 2 amide bonds. The predicted octanol–water partition coefficient (Wildman–Crippen LogP) is 3.41. The summed E-state index contributed by atoms with van der Waals surface area (Å²) in [5.74, 6) is -3.46. The first-order valence-electron chi connectivity index (χ1n) is 7.80. The van der Waals surface area contributed by atoms with E-state index >= 15 is 0 Å². The molecule has 0 aliphatic heterocycles. The summed E-state index contributed by atoms with van der Waals surface area (Å²) < 4.78 is 52.6. The van der Waals surface area contributed by atoms with Crippen molar-refractivity contribution in [1.29, 1.82) is 0 Å². The topological polar surface area (TPSA) is 58.2 Å². The van der Waals surface area contributed by atoms with Crippen LogP contribution in [0.1, 0.15) is 33.8 Å². The molecule has 26 heavy (non-hydrogen) atoms. The fraction of sp³-hybridized carbons (Fsp3) is 0.222. The standard InChI is InChI=1S/C18H14F4N2O2/c19-15-8-4-2-6-11(15)16(25)23-24-17(26)13-9-12(13)10-5-1-3-7-14(10)18(20,21)22/h1-8,12-13H,9H2,(H,23,25)(H,24,26). The second-order valence-electron chi connectivity index (χ2n) is 5.96. The number of rotatable bonds is 3. The van der Waals surface area contributed by atoms with Gasteiger partial charge < -0.3 is 0 Å². The average Bonchev–Trinajstić information content (AvgIpc) is 3.40. The van der Waals surface area contributed by atoms with E-state index in [1.165, 1.54) is 36.4 Å². The highest BCUT2D eigenvalue weighted by Gasteiger charge is 2.47. The lowest BCUT2D eigenvalue weighted by molar-refractivity contribution is -0.138. The minimum atomic E-state index is -4.50. The van der Waals surface area contributed by atoms with Gasteiger partial charge in [0.15, 0.2) is 0 Å². The molecule has 1 fully saturated rings. The first kappa shape index (κ1) is 17.9. The first-order valence-corrected chi connectivity index (χ1v) is 7.80. The Morgan fingerprint density at radius 1 is 0.962 bits per heavy atom. The molecular weight excluding hydrogens is 352 g/mol. The molecule has 2 atom stereocenters. The largest absolute Gasteiger partial charge is 0.416 e. The van der Waals surface area contributed by atoms with Crippen molar-refractivity contribution in [2.24, 2.45) is 5.92 Å². The normalized spacial score (nSPS) is 18.9. The van der Waals surface area contributed by atoms with Crippen molar-refractivity contribution >= 4 is 11.8 Å². The number of hydrogen-bond acceptors (Lipinski definition) is 2. The van der Waals surface area contributed by atoms with Crippen molar-refractivity contribution in [3.8, 4) is 0 Å². The first-order chi connectivity index (χ1) is 12.3.